The first-order valence-electron chi connectivity index (χ1n) is 8.03. The number of nitrogens with zero attached hydrogens (tertiary/aromatic N) is 2. The fraction of sp³-hybridized carbons (Fsp3) is 0.412. The molecule has 1 fully saturated rings. The number of carbonyl (C=O) groups is 1. The lowest BCUT2D eigenvalue weighted by Gasteiger charge is -2.32. The molecule has 1 amide bonds. The highest BCUT2D eigenvalue weighted by molar-refractivity contribution is 5.95. The third-order valence-electron chi connectivity index (χ3n) is 4.17. The van der Waals surface area contributed by atoms with Gasteiger partial charge in [-0.2, -0.15) is 0 Å². The third-order valence-corrected chi connectivity index (χ3v) is 4.17. The molecular weight excluding hydrogens is 310 g/mol. The lowest BCUT2D eigenvalue weighted by atomic mass is 10.1. The molecule has 2 aromatic rings. The molecule has 1 atom stereocenters. The van der Waals surface area contributed by atoms with Crippen LogP contribution in [-0.2, 0) is 4.74 Å². The number of hydrogen-bond acceptors (Lipinski definition) is 5. The molecule has 0 aliphatic carbocycles. The Morgan fingerprint density at radius 1 is 1.25 bits per heavy atom. The third kappa shape index (κ3) is 2.82. The number of rotatable bonds is 2. The number of benzene rings is 1. The molecule has 0 spiro atoms. The van der Waals surface area contributed by atoms with Crippen molar-refractivity contribution >= 4 is 5.91 Å². The Bertz CT molecular complexity index is 758. The fourth-order valence-corrected chi connectivity index (χ4v) is 2.95. The van der Waals surface area contributed by atoms with Crippen molar-refractivity contribution in [3.8, 4) is 11.5 Å². The molecule has 2 aliphatic heterocycles. The molecule has 24 heavy (non-hydrogen) atoms. The minimum Gasteiger partial charge on any atom is -0.486 e. The molecule has 2 aliphatic rings. The monoisotopic (exact) mass is 329 g/mol. The van der Waals surface area contributed by atoms with Gasteiger partial charge in [0, 0.05) is 24.0 Å². The number of hydrogen-bond donors (Lipinski definition) is 1. The van der Waals surface area contributed by atoms with Crippen molar-refractivity contribution in [3.63, 3.8) is 0 Å². The zero-order valence-electron chi connectivity index (χ0n) is 13.4. The van der Waals surface area contributed by atoms with E-state index in [1.165, 1.54) is 0 Å². The second kappa shape index (κ2) is 6.16. The Morgan fingerprint density at radius 3 is 2.88 bits per heavy atom. The SMILES string of the molecule is Cc1cnc([C@H]2CN(C(=O)c3ccc4c(c3)OCCO4)CCO2)[nH]1. The van der Waals surface area contributed by atoms with Gasteiger partial charge in [-0.3, -0.25) is 4.79 Å². The Hall–Kier alpha value is -2.54. The minimum absolute atomic E-state index is 0.0384. The summed E-state index contributed by atoms with van der Waals surface area (Å²) < 4.78 is 16.8. The van der Waals surface area contributed by atoms with E-state index in [-0.39, 0.29) is 12.0 Å². The molecule has 1 aromatic heterocycles. The van der Waals surface area contributed by atoms with Crippen LogP contribution in [-0.4, -0.2) is 53.7 Å². The first-order valence-corrected chi connectivity index (χ1v) is 8.03. The van der Waals surface area contributed by atoms with Crippen LogP contribution >= 0.6 is 0 Å². The predicted molar refractivity (Wildman–Crippen MR) is 85.4 cm³/mol. The van der Waals surface area contributed by atoms with Crippen LogP contribution in [0.1, 0.15) is 28.0 Å². The minimum atomic E-state index is -0.228. The van der Waals surface area contributed by atoms with Gasteiger partial charge in [0.05, 0.1) is 13.2 Å². The van der Waals surface area contributed by atoms with Crippen molar-refractivity contribution in [1.29, 1.82) is 0 Å². The Morgan fingerprint density at radius 2 is 2.08 bits per heavy atom. The maximum absolute atomic E-state index is 12.8. The summed E-state index contributed by atoms with van der Waals surface area (Å²) in [5.41, 5.74) is 1.57. The number of morpholine rings is 1. The maximum Gasteiger partial charge on any atom is 0.254 e. The molecule has 3 heterocycles. The van der Waals surface area contributed by atoms with E-state index in [9.17, 15) is 4.79 Å². The van der Waals surface area contributed by atoms with Crippen LogP contribution in [0.15, 0.2) is 24.4 Å². The summed E-state index contributed by atoms with van der Waals surface area (Å²) in [7, 11) is 0. The Labute approximate surface area is 139 Å². The summed E-state index contributed by atoms with van der Waals surface area (Å²) in [6.07, 6.45) is 1.54. The first-order chi connectivity index (χ1) is 11.7. The average Bonchev–Trinajstić information content (AvgIpc) is 3.07. The zero-order valence-corrected chi connectivity index (χ0v) is 13.4. The van der Waals surface area contributed by atoms with Crippen molar-refractivity contribution < 1.29 is 19.0 Å². The highest BCUT2D eigenvalue weighted by Crippen LogP contribution is 2.31. The molecule has 1 saturated heterocycles. The second-order valence-electron chi connectivity index (χ2n) is 5.92. The molecule has 126 valence electrons. The van der Waals surface area contributed by atoms with Gasteiger partial charge < -0.3 is 24.1 Å². The van der Waals surface area contributed by atoms with Crippen LogP contribution in [0.25, 0.3) is 0 Å². The van der Waals surface area contributed by atoms with E-state index in [0.29, 0.717) is 50.0 Å². The van der Waals surface area contributed by atoms with E-state index in [0.717, 1.165) is 11.5 Å². The number of ether oxygens (including phenoxy) is 3. The summed E-state index contributed by atoms with van der Waals surface area (Å²) >= 11 is 0. The topological polar surface area (TPSA) is 76.7 Å². The number of imidazole rings is 1. The molecule has 0 saturated carbocycles. The number of fused-ring (bicyclic) bond motifs is 1. The van der Waals surface area contributed by atoms with Gasteiger partial charge in [-0.15, -0.1) is 0 Å². The van der Waals surface area contributed by atoms with Crippen LogP contribution in [0.2, 0.25) is 0 Å². The highest BCUT2D eigenvalue weighted by atomic mass is 16.6. The van der Waals surface area contributed by atoms with E-state index in [2.05, 4.69) is 9.97 Å². The molecule has 7 nitrogen and oxygen atoms in total. The van der Waals surface area contributed by atoms with Crippen molar-refractivity contribution in [2.75, 3.05) is 32.9 Å². The summed E-state index contributed by atoms with van der Waals surface area (Å²) in [6.45, 7) is 4.50. The van der Waals surface area contributed by atoms with Gasteiger partial charge in [0.25, 0.3) is 5.91 Å². The summed E-state index contributed by atoms with van der Waals surface area (Å²) in [4.78, 5) is 22.1. The highest BCUT2D eigenvalue weighted by Gasteiger charge is 2.28. The van der Waals surface area contributed by atoms with E-state index < -0.39 is 0 Å². The van der Waals surface area contributed by atoms with Crippen molar-refractivity contribution in [3.05, 3.63) is 41.5 Å². The van der Waals surface area contributed by atoms with Gasteiger partial charge in [-0.1, -0.05) is 0 Å². The Kier molecular flexibility index (Phi) is 3.86. The number of H-pyrrole nitrogens is 1. The smallest absolute Gasteiger partial charge is 0.254 e. The van der Waals surface area contributed by atoms with Crippen LogP contribution in [0.5, 0.6) is 11.5 Å². The van der Waals surface area contributed by atoms with Crippen LogP contribution in [0.3, 0.4) is 0 Å². The van der Waals surface area contributed by atoms with Gasteiger partial charge in [-0.25, -0.2) is 4.98 Å². The lowest BCUT2D eigenvalue weighted by molar-refractivity contribution is -0.0265. The van der Waals surface area contributed by atoms with Crippen LogP contribution in [0, 0.1) is 6.92 Å². The molecule has 7 heteroatoms. The Balaban J connectivity index is 1.51. The lowest BCUT2D eigenvalue weighted by Crippen LogP contribution is -2.42. The number of amides is 1. The number of carbonyl (C=O) groups excluding carboxylic acids is 1. The normalized spacial score (nSPS) is 20.0. The molecule has 1 aromatic carbocycles. The molecule has 0 unspecified atom stereocenters. The van der Waals surface area contributed by atoms with Gasteiger partial charge >= 0.3 is 0 Å². The van der Waals surface area contributed by atoms with Crippen molar-refractivity contribution in [2.45, 2.75) is 13.0 Å². The van der Waals surface area contributed by atoms with Crippen molar-refractivity contribution in [1.82, 2.24) is 14.9 Å². The van der Waals surface area contributed by atoms with Gasteiger partial charge in [-0.05, 0) is 25.1 Å². The number of aromatic nitrogens is 2. The van der Waals surface area contributed by atoms with Gasteiger partial charge in [0.2, 0.25) is 0 Å². The number of aryl methyl sites for hydroxylation is 1. The molecular formula is C17H19N3O4. The van der Waals surface area contributed by atoms with E-state index in [1.807, 2.05) is 6.92 Å². The number of aromatic amines is 1. The van der Waals surface area contributed by atoms with Gasteiger partial charge in [0.15, 0.2) is 11.5 Å². The second-order valence-corrected chi connectivity index (χ2v) is 5.92. The summed E-state index contributed by atoms with van der Waals surface area (Å²) in [5, 5.41) is 0. The average molecular weight is 329 g/mol. The van der Waals surface area contributed by atoms with Gasteiger partial charge in [0.1, 0.15) is 25.1 Å². The van der Waals surface area contributed by atoms with Crippen LogP contribution in [0.4, 0.5) is 0 Å². The predicted octanol–water partition coefficient (Wildman–Crippen LogP) is 1.70. The standard InChI is InChI=1S/C17H19N3O4/c1-11-9-18-16(19-11)15-10-20(4-5-22-15)17(21)12-2-3-13-14(8-12)24-7-6-23-13/h2-3,8-9,15H,4-7,10H2,1H3,(H,18,19)/t15-/m1/s1. The number of nitrogens with one attached hydrogen (secondary N) is 1. The molecule has 0 radical (unpaired) electrons. The molecule has 4 rings (SSSR count). The van der Waals surface area contributed by atoms with E-state index in [4.69, 9.17) is 14.2 Å². The maximum atomic E-state index is 12.8. The fourth-order valence-electron chi connectivity index (χ4n) is 2.95. The van der Waals surface area contributed by atoms with Crippen LogP contribution < -0.4 is 9.47 Å². The zero-order chi connectivity index (χ0) is 16.5. The largest absolute Gasteiger partial charge is 0.486 e. The first kappa shape index (κ1) is 15.0. The van der Waals surface area contributed by atoms with E-state index in [1.54, 1.807) is 29.3 Å². The summed E-state index contributed by atoms with van der Waals surface area (Å²) in [6, 6.07) is 5.31. The molecule has 1 N–H and O–H groups in total. The summed E-state index contributed by atoms with van der Waals surface area (Å²) in [5.74, 6) is 2.03. The quantitative estimate of drug-likeness (QED) is 0.907. The van der Waals surface area contributed by atoms with Crippen molar-refractivity contribution in [2.24, 2.45) is 0 Å². The molecule has 0 bridgehead atoms. The van der Waals surface area contributed by atoms with E-state index >= 15 is 0 Å².